The van der Waals surface area contributed by atoms with Gasteiger partial charge in [0, 0.05) is 27.6 Å². The van der Waals surface area contributed by atoms with E-state index in [4.69, 9.17) is 0 Å². The van der Waals surface area contributed by atoms with Crippen molar-refractivity contribution in [2.75, 3.05) is 5.75 Å². The summed E-state index contributed by atoms with van der Waals surface area (Å²) in [6.07, 6.45) is 2.72. The van der Waals surface area contributed by atoms with E-state index < -0.39 is 0 Å². The van der Waals surface area contributed by atoms with Crippen LogP contribution in [-0.4, -0.2) is 17.0 Å². The number of thioether (sulfide) groups is 1. The SMILES string of the molecule is Cc1ccc(CNC2CCCSC2C)s1. The van der Waals surface area contributed by atoms with Crippen LogP contribution in [0.2, 0.25) is 0 Å². The van der Waals surface area contributed by atoms with Crippen molar-refractivity contribution >= 4 is 23.1 Å². The lowest BCUT2D eigenvalue weighted by Gasteiger charge is -2.29. The molecule has 84 valence electrons. The fraction of sp³-hybridized carbons (Fsp3) is 0.667. The van der Waals surface area contributed by atoms with Crippen molar-refractivity contribution in [2.24, 2.45) is 0 Å². The van der Waals surface area contributed by atoms with E-state index in [0.29, 0.717) is 6.04 Å². The Bertz CT molecular complexity index is 308. The van der Waals surface area contributed by atoms with E-state index in [2.05, 4.69) is 43.1 Å². The molecule has 0 amide bonds. The molecule has 0 radical (unpaired) electrons. The number of thiophene rings is 1. The van der Waals surface area contributed by atoms with Crippen LogP contribution in [-0.2, 0) is 6.54 Å². The molecule has 0 spiro atoms. The zero-order chi connectivity index (χ0) is 10.7. The average molecular weight is 241 g/mol. The maximum atomic E-state index is 3.69. The predicted octanol–water partition coefficient (Wildman–Crippen LogP) is 3.43. The van der Waals surface area contributed by atoms with E-state index in [1.807, 2.05) is 11.3 Å². The molecule has 1 aromatic rings. The highest BCUT2D eigenvalue weighted by Gasteiger charge is 2.20. The number of hydrogen-bond donors (Lipinski definition) is 1. The maximum absolute atomic E-state index is 3.69. The van der Waals surface area contributed by atoms with Crippen LogP contribution in [0.4, 0.5) is 0 Å². The number of rotatable bonds is 3. The van der Waals surface area contributed by atoms with Crippen molar-refractivity contribution < 1.29 is 0 Å². The minimum Gasteiger partial charge on any atom is -0.308 e. The highest BCUT2D eigenvalue weighted by molar-refractivity contribution is 7.99. The van der Waals surface area contributed by atoms with Gasteiger partial charge in [-0.05, 0) is 37.7 Å². The molecule has 1 N–H and O–H groups in total. The second-order valence-corrected chi connectivity index (χ2v) is 7.08. The fourth-order valence-electron chi connectivity index (χ4n) is 2.00. The van der Waals surface area contributed by atoms with Gasteiger partial charge in [0.15, 0.2) is 0 Å². The van der Waals surface area contributed by atoms with Crippen LogP contribution in [0.5, 0.6) is 0 Å². The molecule has 15 heavy (non-hydrogen) atoms. The Labute approximate surface area is 101 Å². The summed E-state index contributed by atoms with van der Waals surface area (Å²) in [4.78, 5) is 2.88. The maximum Gasteiger partial charge on any atom is 0.0302 e. The standard InChI is InChI=1S/C12H19NS2/c1-9-5-6-11(15-9)8-13-12-4-3-7-14-10(12)2/h5-6,10,12-13H,3-4,7-8H2,1-2H3. The first-order valence-corrected chi connectivity index (χ1v) is 7.52. The van der Waals surface area contributed by atoms with Gasteiger partial charge in [-0.1, -0.05) is 6.92 Å². The van der Waals surface area contributed by atoms with Gasteiger partial charge in [0.25, 0.3) is 0 Å². The van der Waals surface area contributed by atoms with E-state index in [0.717, 1.165) is 11.8 Å². The Morgan fingerprint density at radius 3 is 3.00 bits per heavy atom. The van der Waals surface area contributed by atoms with Gasteiger partial charge >= 0.3 is 0 Å². The van der Waals surface area contributed by atoms with Gasteiger partial charge in [-0.25, -0.2) is 0 Å². The van der Waals surface area contributed by atoms with E-state index in [1.165, 1.54) is 28.3 Å². The third-order valence-corrected chi connectivity index (χ3v) is 5.32. The van der Waals surface area contributed by atoms with Gasteiger partial charge in [-0.3, -0.25) is 0 Å². The second-order valence-electron chi connectivity index (χ2n) is 4.22. The van der Waals surface area contributed by atoms with Crippen LogP contribution >= 0.6 is 23.1 Å². The summed E-state index contributed by atoms with van der Waals surface area (Å²) in [7, 11) is 0. The van der Waals surface area contributed by atoms with Crippen LogP contribution in [0.1, 0.15) is 29.5 Å². The Hall–Kier alpha value is 0.01000. The molecule has 2 atom stereocenters. The summed E-state index contributed by atoms with van der Waals surface area (Å²) in [6, 6.07) is 5.17. The minimum absolute atomic E-state index is 0.714. The lowest BCUT2D eigenvalue weighted by atomic mass is 10.1. The summed E-state index contributed by atoms with van der Waals surface area (Å²) >= 11 is 4.02. The number of nitrogens with one attached hydrogen (secondary N) is 1. The molecule has 1 nitrogen and oxygen atoms in total. The van der Waals surface area contributed by atoms with Gasteiger partial charge < -0.3 is 5.32 Å². The molecule has 1 aliphatic heterocycles. The number of aryl methyl sites for hydroxylation is 1. The van der Waals surface area contributed by atoms with Crippen LogP contribution in [0.15, 0.2) is 12.1 Å². The van der Waals surface area contributed by atoms with Crippen LogP contribution in [0.25, 0.3) is 0 Å². The first-order chi connectivity index (χ1) is 7.25. The molecule has 2 unspecified atom stereocenters. The minimum atomic E-state index is 0.714. The largest absolute Gasteiger partial charge is 0.308 e. The van der Waals surface area contributed by atoms with Gasteiger partial charge in [0.1, 0.15) is 0 Å². The summed E-state index contributed by atoms with van der Waals surface area (Å²) in [5.41, 5.74) is 0. The molecule has 1 saturated heterocycles. The molecule has 0 bridgehead atoms. The van der Waals surface area contributed by atoms with E-state index in [-0.39, 0.29) is 0 Å². The molecule has 0 aromatic carbocycles. The lowest BCUT2D eigenvalue weighted by Crippen LogP contribution is -2.38. The highest BCUT2D eigenvalue weighted by Crippen LogP contribution is 2.25. The quantitative estimate of drug-likeness (QED) is 0.870. The van der Waals surface area contributed by atoms with Gasteiger partial charge in [-0.2, -0.15) is 11.8 Å². The molecule has 0 aliphatic carbocycles. The third kappa shape index (κ3) is 3.23. The van der Waals surface area contributed by atoms with Gasteiger partial charge in [-0.15, -0.1) is 11.3 Å². The normalized spacial score (nSPS) is 26.8. The van der Waals surface area contributed by atoms with E-state index >= 15 is 0 Å². The first kappa shape index (κ1) is 11.5. The van der Waals surface area contributed by atoms with E-state index in [9.17, 15) is 0 Å². The molecule has 2 heterocycles. The van der Waals surface area contributed by atoms with Crippen LogP contribution in [0.3, 0.4) is 0 Å². The molecule has 1 fully saturated rings. The average Bonchev–Trinajstić information content (AvgIpc) is 2.63. The second kappa shape index (κ2) is 5.37. The topological polar surface area (TPSA) is 12.0 Å². The predicted molar refractivity (Wildman–Crippen MR) is 70.8 cm³/mol. The van der Waals surface area contributed by atoms with E-state index in [1.54, 1.807) is 0 Å². The molecule has 1 aromatic heterocycles. The van der Waals surface area contributed by atoms with Crippen LogP contribution in [0, 0.1) is 6.92 Å². The summed E-state index contributed by atoms with van der Waals surface area (Å²) in [6.45, 7) is 5.57. The highest BCUT2D eigenvalue weighted by atomic mass is 32.2. The zero-order valence-electron chi connectivity index (χ0n) is 9.45. The molecule has 2 rings (SSSR count). The molecular weight excluding hydrogens is 222 g/mol. The van der Waals surface area contributed by atoms with Gasteiger partial charge in [0.05, 0.1) is 0 Å². The van der Waals surface area contributed by atoms with Crippen molar-refractivity contribution in [1.29, 1.82) is 0 Å². The van der Waals surface area contributed by atoms with Crippen molar-refractivity contribution in [2.45, 2.75) is 44.5 Å². The molecular formula is C12H19NS2. The Morgan fingerprint density at radius 1 is 1.47 bits per heavy atom. The van der Waals surface area contributed by atoms with Crippen molar-refractivity contribution in [3.8, 4) is 0 Å². The van der Waals surface area contributed by atoms with Crippen molar-refractivity contribution in [3.05, 3.63) is 21.9 Å². The fourth-order valence-corrected chi connectivity index (χ4v) is 4.01. The van der Waals surface area contributed by atoms with Crippen molar-refractivity contribution in [3.63, 3.8) is 0 Å². The van der Waals surface area contributed by atoms with Crippen LogP contribution < -0.4 is 5.32 Å². The molecule has 1 aliphatic rings. The Balaban J connectivity index is 1.81. The Morgan fingerprint density at radius 2 is 2.33 bits per heavy atom. The Kier molecular flexibility index (Phi) is 4.12. The third-order valence-electron chi connectivity index (χ3n) is 2.94. The summed E-state index contributed by atoms with van der Waals surface area (Å²) in [5, 5.41) is 4.47. The van der Waals surface area contributed by atoms with Gasteiger partial charge in [0.2, 0.25) is 0 Å². The zero-order valence-corrected chi connectivity index (χ0v) is 11.1. The molecule has 3 heteroatoms. The number of hydrogen-bond acceptors (Lipinski definition) is 3. The monoisotopic (exact) mass is 241 g/mol. The summed E-state index contributed by atoms with van der Waals surface area (Å²) in [5.74, 6) is 1.34. The van der Waals surface area contributed by atoms with Crippen molar-refractivity contribution in [1.82, 2.24) is 5.32 Å². The lowest BCUT2D eigenvalue weighted by molar-refractivity contribution is 0.464. The smallest absolute Gasteiger partial charge is 0.0302 e. The summed E-state index contributed by atoms with van der Waals surface area (Å²) < 4.78 is 0. The molecule has 0 saturated carbocycles. The first-order valence-electron chi connectivity index (χ1n) is 5.66.